The quantitative estimate of drug-likeness (QED) is 0.442. The number of benzene rings is 1. The average molecular weight is 406 g/mol. The standard InChI is InChI=1S/C26H23N5/c1-18-13-22(7-11-28-18)21-5-3-20(4-6-21)17-31-25-9-10-27-15-24(25)30-16-26(31)23-8-12-29-19(2)14-23/h3-16,26H,17H2,1-2H3. The van der Waals surface area contributed by atoms with E-state index in [1.165, 1.54) is 22.3 Å². The molecule has 0 amide bonds. The smallest absolute Gasteiger partial charge is 0.104 e. The van der Waals surface area contributed by atoms with Gasteiger partial charge in [-0.1, -0.05) is 24.3 Å². The second kappa shape index (κ2) is 8.11. The molecule has 4 heterocycles. The Morgan fingerprint density at radius 1 is 0.806 bits per heavy atom. The van der Waals surface area contributed by atoms with Gasteiger partial charge in [0.15, 0.2) is 0 Å². The first-order chi connectivity index (χ1) is 15.2. The van der Waals surface area contributed by atoms with Crippen molar-refractivity contribution < 1.29 is 0 Å². The summed E-state index contributed by atoms with van der Waals surface area (Å²) in [6, 6.07) is 19.2. The third-order valence-electron chi connectivity index (χ3n) is 5.58. The highest BCUT2D eigenvalue weighted by Crippen LogP contribution is 2.38. The number of hydrogen-bond acceptors (Lipinski definition) is 5. The highest BCUT2D eigenvalue weighted by atomic mass is 15.2. The fourth-order valence-corrected chi connectivity index (χ4v) is 4.03. The van der Waals surface area contributed by atoms with Gasteiger partial charge in [0.25, 0.3) is 0 Å². The van der Waals surface area contributed by atoms with E-state index in [2.05, 4.69) is 67.3 Å². The van der Waals surface area contributed by atoms with Crippen LogP contribution in [-0.2, 0) is 6.54 Å². The molecule has 1 atom stereocenters. The van der Waals surface area contributed by atoms with Gasteiger partial charge in [0.05, 0.1) is 17.9 Å². The molecule has 5 heteroatoms. The maximum absolute atomic E-state index is 4.68. The van der Waals surface area contributed by atoms with E-state index < -0.39 is 0 Å². The highest BCUT2D eigenvalue weighted by Gasteiger charge is 2.25. The molecule has 0 fully saturated rings. The summed E-state index contributed by atoms with van der Waals surface area (Å²) in [6.45, 7) is 4.80. The van der Waals surface area contributed by atoms with Gasteiger partial charge in [0, 0.05) is 42.7 Å². The zero-order valence-corrected chi connectivity index (χ0v) is 17.6. The second-order valence-electron chi connectivity index (χ2n) is 7.83. The van der Waals surface area contributed by atoms with Gasteiger partial charge in [-0.15, -0.1) is 0 Å². The predicted octanol–water partition coefficient (Wildman–Crippen LogP) is 5.62. The number of pyridine rings is 3. The van der Waals surface area contributed by atoms with Gasteiger partial charge >= 0.3 is 0 Å². The van der Waals surface area contributed by atoms with Crippen LogP contribution in [0.1, 0.15) is 28.6 Å². The van der Waals surface area contributed by atoms with Crippen molar-refractivity contribution >= 4 is 17.6 Å². The molecule has 5 nitrogen and oxygen atoms in total. The van der Waals surface area contributed by atoms with E-state index in [9.17, 15) is 0 Å². The highest BCUT2D eigenvalue weighted by molar-refractivity contribution is 5.85. The van der Waals surface area contributed by atoms with Crippen molar-refractivity contribution in [3.8, 4) is 11.1 Å². The molecule has 152 valence electrons. The van der Waals surface area contributed by atoms with E-state index in [-0.39, 0.29) is 6.04 Å². The first-order valence-corrected chi connectivity index (χ1v) is 10.4. The summed E-state index contributed by atoms with van der Waals surface area (Å²) < 4.78 is 0. The second-order valence-corrected chi connectivity index (χ2v) is 7.83. The molecule has 0 bridgehead atoms. The molecule has 1 aliphatic rings. The average Bonchev–Trinajstić information content (AvgIpc) is 2.80. The normalized spacial score (nSPS) is 15.0. The van der Waals surface area contributed by atoms with Crippen LogP contribution in [0.2, 0.25) is 0 Å². The van der Waals surface area contributed by atoms with E-state index in [4.69, 9.17) is 0 Å². The molecule has 3 aromatic heterocycles. The largest absolute Gasteiger partial charge is 0.353 e. The van der Waals surface area contributed by atoms with Crippen LogP contribution in [0.15, 0.2) is 84.4 Å². The predicted molar refractivity (Wildman–Crippen MR) is 125 cm³/mol. The lowest BCUT2D eigenvalue weighted by atomic mass is 10.0. The fraction of sp³-hybridized carbons (Fsp3) is 0.154. The topological polar surface area (TPSA) is 54.3 Å². The van der Waals surface area contributed by atoms with Crippen LogP contribution in [0, 0.1) is 13.8 Å². The van der Waals surface area contributed by atoms with Crippen molar-refractivity contribution in [1.29, 1.82) is 0 Å². The van der Waals surface area contributed by atoms with Crippen LogP contribution in [0.5, 0.6) is 0 Å². The number of aliphatic imine (C=N–C) groups is 1. The fourth-order valence-electron chi connectivity index (χ4n) is 4.03. The van der Waals surface area contributed by atoms with E-state index >= 15 is 0 Å². The SMILES string of the molecule is Cc1cc(-c2ccc(CN3c4ccncc4N=CC3c3ccnc(C)c3)cc2)ccn1. The summed E-state index contributed by atoms with van der Waals surface area (Å²) in [4.78, 5) is 20.0. The molecule has 1 unspecified atom stereocenters. The van der Waals surface area contributed by atoms with Crippen molar-refractivity contribution in [3.05, 3.63) is 102 Å². The van der Waals surface area contributed by atoms with Gasteiger partial charge in [0.1, 0.15) is 5.69 Å². The van der Waals surface area contributed by atoms with Crippen LogP contribution >= 0.6 is 0 Å². The van der Waals surface area contributed by atoms with Gasteiger partial charge in [-0.05, 0) is 66.4 Å². The van der Waals surface area contributed by atoms with Crippen LogP contribution in [0.3, 0.4) is 0 Å². The molecule has 1 aliphatic heterocycles. The van der Waals surface area contributed by atoms with Gasteiger partial charge in [-0.25, -0.2) is 0 Å². The number of fused-ring (bicyclic) bond motifs is 1. The Kier molecular flexibility index (Phi) is 5.00. The van der Waals surface area contributed by atoms with Crippen LogP contribution in [0.4, 0.5) is 11.4 Å². The molecule has 0 aliphatic carbocycles. The minimum atomic E-state index is 0.0409. The Balaban J connectivity index is 1.48. The monoisotopic (exact) mass is 405 g/mol. The molecule has 0 saturated heterocycles. The third-order valence-corrected chi connectivity index (χ3v) is 5.58. The molecule has 0 spiro atoms. The molecule has 1 aromatic carbocycles. The first-order valence-electron chi connectivity index (χ1n) is 10.4. The summed E-state index contributed by atoms with van der Waals surface area (Å²) in [5, 5.41) is 0. The zero-order chi connectivity index (χ0) is 21.2. The van der Waals surface area contributed by atoms with E-state index in [1.807, 2.05) is 57.0 Å². The number of anilines is 1. The van der Waals surface area contributed by atoms with Crippen molar-refractivity contribution in [1.82, 2.24) is 15.0 Å². The Labute approximate surface area is 182 Å². The number of rotatable bonds is 4. The number of aromatic nitrogens is 3. The Hall–Kier alpha value is -3.86. The molecular formula is C26H23N5. The summed E-state index contributed by atoms with van der Waals surface area (Å²) in [5.41, 5.74) is 8.81. The number of hydrogen-bond donors (Lipinski definition) is 0. The van der Waals surface area contributed by atoms with Crippen molar-refractivity contribution in [2.24, 2.45) is 4.99 Å². The van der Waals surface area contributed by atoms with Gasteiger partial charge in [0.2, 0.25) is 0 Å². The Morgan fingerprint density at radius 2 is 1.58 bits per heavy atom. The Morgan fingerprint density at radius 3 is 2.35 bits per heavy atom. The maximum atomic E-state index is 4.68. The van der Waals surface area contributed by atoms with Crippen LogP contribution in [-0.4, -0.2) is 21.2 Å². The molecule has 31 heavy (non-hydrogen) atoms. The van der Waals surface area contributed by atoms with E-state index in [0.29, 0.717) is 0 Å². The third kappa shape index (κ3) is 3.94. The number of nitrogens with zero attached hydrogens (tertiary/aromatic N) is 5. The molecule has 0 saturated carbocycles. The lowest BCUT2D eigenvalue weighted by Crippen LogP contribution is -2.31. The summed E-state index contributed by atoms with van der Waals surface area (Å²) in [7, 11) is 0. The van der Waals surface area contributed by atoms with E-state index in [1.54, 1.807) is 0 Å². The van der Waals surface area contributed by atoms with Crippen LogP contribution < -0.4 is 4.90 Å². The number of aryl methyl sites for hydroxylation is 2. The molecule has 0 N–H and O–H groups in total. The minimum Gasteiger partial charge on any atom is -0.353 e. The molecule has 0 radical (unpaired) electrons. The lowest BCUT2D eigenvalue weighted by molar-refractivity contribution is 0.748. The summed E-state index contributed by atoms with van der Waals surface area (Å²) in [6.07, 6.45) is 9.38. The van der Waals surface area contributed by atoms with Gasteiger partial charge in [-0.2, -0.15) is 0 Å². The molecule has 4 aromatic rings. The van der Waals surface area contributed by atoms with Crippen LogP contribution in [0.25, 0.3) is 11.1 Å². The maximum Gasteiger partial charge on any atom is 0.104 e. The van der Waals surface area contributed by atoms with Crippen molar-refractivity contribution in [2.75, 3.05) is 4.90 Å². The molecule has 5 rings (SSSR count). The Bertz CT molecular complexity index is 1250. The van der Waals surface area contributed by atoms with Crippen molar-refractivity contribution in [3.63, 3.8) is 0 Å². The summed E-state index contributed by atoms with van der Waals surface area (Å²) >= 11 is 0. The molecular weight excluding hydrogens is 382 g/mol. The van der Waals surface area contributed by atoms with Gasteiger partial charge < -0.3 is 4.90 Å². The van der Waals surface area contributed by atoms with E-state index in [0.717, 1.165) is 29.3 Å². The summed E-state index contributed by atoms with van der Waals surface area (Å²) in [5.74, 6) is 0. The first kappa shape index (κ1) is 19.1. The van der Waals surface area contributed by atoms with Gasteiger partial charge in [-0.3, -0.25) is 19.9 Å². The zero-order valence-electron chi connectivity index (χ0n) is 17.6. The van der Waals surface area contributed by atoms with Crippen molar-refractivity contribution in [2.45, 2.75) is 26.4 Å². The lowest BCUT2D eigenvalue weighted by Gasteiger charge is -2.35. The minimum absolute atomic E-state index is 0.0409.